The molecule has 4 aliphatic rings. The lowest BCUT2D eigenvalue weighted by molar-refractivity contribution is -0.138. The van der Waals surface area contributed by atoms with Crippen molar-refractivity contribution in [3.8, 4) is 0 Å². The van der Waals surface area contributed by atoms with Crippen LogP contribution in [0.3, 0.4) is 0 Å². The third-order valence-corrected chi connectivity index (χ3v) is 10.6. The highest BCUT2D eigenvalue weighted by Gasteiger charge is 2.60. The van der Waals surface area contributed by atoms with Gasteiger partial charge in [0.1, 0.15) is 5.82 Å². The molecule has 1 N–H and O–H groups in total. The van der Waals surface area contributed by atoms with Crippen molar-refractivity contribution in [2.75, 3.05) is 7.05 Å². The fourth-order valence-electron chi connectivity index (χ4n) is 8.87. The number of carbonyl (C=O) groups excluding carboxylic acids is 1. The van der Waals surface area contributed by atoms with Crippen molar-refractivity contribution in [1.29, 1.82) is 0 Å². The van der Waals surface area contributed by atoms with E-state index in [1.807, 2.05) is 24.9 Å². The summed E-state index contributed by atoms with van der Waals surface area (Å²) in [5.41, 5.74) is 4.78. The number of carbonyl (C=O) groups is 1. The fraction of sp³-hybridized carbons (Fsp3) is 0.679. The molecule has 3 saturated carbocycles. The number of aryl methyl sites for hydroxylation is 2. The Balaban J connectivity index is 1.26. The largest absolute Gasteiger partial charge is 0.340 e. The second-order valence-electron chi connectivity index (χ2n) is 12.1. The summed E-state index contributed by atoms with van der Waals surface area (Å²) < 4.78 is 0. The first-order chi connectivity index (χ1) is 15.7. The van der Waals surface area contributed by atoms with Crippen LogP contribution in [-0.2, 0) is 11.2 Å². The van der Waals surface area contributed by atoms with E-state index in [4.69, 9.17) is 4.98 Å². The van der Waals surface area contributed by atoms with Crippen LogP contribution in [0.15, 0.2) is 18.2 Å². The highest BCUT2D eigenvalue weighted by atomic mass is 16.2. The number of H-pyrrole nitrogens is 1. The van der Waals surface area contributed by atoms with Gasteiger partial charge in [0.2, 0.25) is 5.91 Å². The third kappa shape index (κ3) is 2.99. The number of nitrogens with zero attached hydrogens (tertiary/aromatic N) is 3. The van der Waals surface area contributed by atoms with E-state index in [9.17, 15) is 4.79 Å². The lowest BCUT2D eigenvalue weighted by Crippen LogP contribution is -2.59. The number of pyridine rings is 1. The van der Waals surface area contributed by atoms with E-state index in [1.165, 1.54) is 37.7 Å². The highest BCUT2D eigenvalue weighted by molar-refractivity contribution is 5.89. The van der Waals surface area contributed by atoms with Gasteiger partial charge < -0.3 is 9.88 Å². The summed E-state index contributed by atoms with van der Waals surface area (Å²) in [6.07, 6.45) is 12.8. The van der Waals surface area contributed by atoms with Gasteiger partial charge in [0.05, 0.1) is 5.52 Å². The van der Waals surface area contributed by atoms with E-state index in [0.717, 1.165) is 47.4 Å². The predicted molar refractivity (Wildman–Crippen MR) is 131 cm³/mol. The van der Waals surface area contributed by atoms with Gasteiger partial charge in [-0.3, -0.25) is 4.79 Å². The van der Waals surface area contributed by atoms with E-state index >= 15 is 0 Å². The summed E-state index contributed by atoms with van der Waals surface area (Å²) in [5, 5.41) is 0. The van der Waals surface area contributed by atoms with E-state index in [1.54, 1.807) is 0 Å². The first-order valence-corrected chi connectivity index (χ1v) is 13.0. The predicted octanol–water partition coefficient (Wildman–Crippen LogP) is 5.37. The van der Waals surface area contributed by atoms with E-state index in [2.05, 4.69) is 42.9 Å². The van der Waals surface area contributed by atoms with Crippen LogP contribution in [0.5, 0.6) is 0 Å². The maximum atomic E-state index is 12.3. The Kier molecular flexibility index (Phi) is 4.64. The average Bonchev–Trinajstić information content (AvgIpc) is 3.32. The molecule has 5 nitrogen and oxygen atoms in total. The number of nitrogens with one attached hydrogen (secondary N) is 1. The van der Waals surface area contributed by atoms with Crippen molar-refractivity contribution in [1.82, 2.24) is 19.9 Å². The molecule has 1 amide bonds. The van der Waals surface area contributed by atoms with E-state index < -0.39 is 0 Å². The zero-order chi connectivity index (χ0) is 23.1. The van der Waals surface area contributed by atoms with Gasteiger partial charge >= 0.3 is 0 Å². The van der Waals surface area contributed by atoms with Crippen LogP contribution in [-0.4, -0.2) is 38.8 Å². The van der Waals surface area contributed by atoms with Crippen LogP contribution < -0.4 is 0 Å². The minimum absolute atomic E-state index is 0.130. The first kappa shape index (κ1) is 21.4. The minimum atomic E-state index is 0.130. The van der Waals surface area contributed by atoms with Crippen LogP contribution in [0.25, 0.3) is 11.2 Å². The molecule has 0 spiro atoms. The van der Waals surface area contributed by atoms with Crippen LogP contribution in [0.1, 0.15) is 69.5 Å². The number of aromatic amines is 1. The highest BCUT2D eigenvalue weighted by Crippen LogP contribution is 2.65. The summed E-state index contributed by atoms with van der Waals surface area (Å²) >= 11 is 0. The summed E-state index contributed by atoms with van der Waals surface area (Å²) in [6, 6.07) is 2.51. The van der Waals surface area contributed by atoms with Gasteiger partial charge in [0.25, 0.3) is 0 Å². The average molecular weight is 447 g/mol. The zero-order valence-electron chi connectivity index (χ0n) is 20.8. The van der Waals surface area contributed by atoms with E-state index in [0.29, 0.717) is 23.3 Å². The van der Waals surface area contributed by atoms with Crippen molar-refractivity contribution in [3.63, 3.8) is 0 Å². The number of rotatable bonds is 2. The van der Waals surface area contributed by atoms with Crippen molar-refractivity contribution in [3.05, 3.63) is 35.3 Å². The van der Waals surface area contributed by atoms with Gasteiger partial charge in [-0.15, -0.1) is 0 Å². The number of likely N-dealkylation sites (N-methyl/N-ethyl adjacent to an activating group) is 1. The van der Waals surface area contributed by atoms with Crippen LogP contribution in [0.2, 0.25) is 0 Å². The number of imidazole rings is 1. The fourth-order valence-corrected chi connectivity index (χ4v) is 8.87. The quantitative estimate of drug-likeness (QED) is 0.674. The Bertz CT molecular complexity index is 1150. The molecule has 33 heavy (non-hydrogen) atoms. The lowest BCUT2D eigenvalue weighted by atomic mass is 9.47. The monoisotopic (exact) mass is 446 g/mol. The number of fused-ring (bicyclic) bond motifs is 6. The van der Waals surface area contributed by atoms with Gasteiger partial charge in [-0.1, -0.05) is 19.9 Å². The SMILES string of the molecule is Cc1cc(C)c2[nH]c(C[C@H]3CC[C@H]4[C@@H]5CC[C@H]6N(C)C(=O)C=C[C@]6(C)[C@H]5CC[C@]34C)nc2n1. The van der Waals surface area contributed by atoms with Gasteiger partial charge in [0.15, 0.2) is 5.65 Å². The second kappa shape index (κ2) is 7.16. The van der Waals surface area contributed by atoms with Gasteiger partial charge in [-0.2, -0.15) is 0 Å². The van der Waals surface area contributed by atoms with Crippen LogP contribution in [0.4, 0.5) is 0 Å². The molecule has 176 valence electrons. The van der Waals surface area contributed by atoms with E-state index in [-0.39, 0.29) is 11.3 Å². The Hall–Kier alpha value is -2.17. The van der Waals surface area contributed by atoms with Gasteiger partial charge in [-0.25, -0.2) is 9.97 Å². The number of aromatic nitrogens is 3. The number of amides is 1. The summed E-state index contributed by atoms with van der Waals surface area (Å²) in [4.78, 5) is 27.6. The summed E-state index contributed by atoms with van der Waals surface area (Å²) in [7, 11) is 2.01. The summed E-state index contributed by atoms with van der Waals surface area (Å²) in [5.74, 6) is 4.25. The van der Waals surface area contributed by atoms with Crippen LogP contribution in [0, 0.1) is 48.3 Å². The first-order valence-electron chi connectivity index (χ1n) is 13.0. The molecule has 3 fully saturated rings. The second-order valence-corrected chi connectivity index (χ2v) is 12.1. The molecule has 6 rings (SSSR count). The normalized spacial score (nSPS) is 40.1. The van der Waals surface area contributed by atoms with Crippen LogP contribution >= 0.6 is 0 Å². The molecule has 0 radical (unpaired) electrons. The molecule has 0 aromatic carbocycles. The molecule has 2 aromatic heterocycles. The van der Waals surface area contributed by atoms with Crippen molar-refractivity contribution >= 4 is 17.1 Å². The Morgan fingerprint density at radius 1 is 1.09 bits per heavy atom. The zero-order valence-corrected chi connectivity index (χ0v) is 20.8. The Morgan fingerprint density at radius 3 is 2.73 bits per heavy atom. The molecule has 2 aromatic rings. The number of hydrogen-bond donors (Lipinski definition) is 1. The standard InChI is InChI=1S/C28H38N4O/c1-16-14-17(2)29-26-25(16)30-23(31-26)15-18-6-8-20-19-7-9-22-28(4,13-11-24(33)32(22)5)21(19)10-12-27(18,20)3/h11,13-14,18-22H,6-10,12,15H2,1-5H3,(H,29,30,31)/t18-,19+,20+,21+,22-,27-,28-/m1/s1. The molecule has 5 heteroatoms. The Labute approximate surface area is 197 Å². The molecule has 0 bridgehead atoms. The molecule has 7 atom stereocenters. The maximum Gasteiger partial charge on any atom is 0.246 e. The number of hydrogen-bond acceptors (Lipinski definition) is 3. The minimum Gasteiger partial charge on any atom is -0.340 e. The summed E-state index contributed by atoms with van der Waals surface area (Å²) in [6.45, 7) is 9.22. The van der Waals surface area contributed by atoms with Gasteiger partial charge in [0, 0.05) is 30.6 Å². The maximum absolute atomic E-state index is 12.3. The molecular formula is C28H38N4O. The molecule has 3 heterocycles. The molecule has 1 aliphatic heterocycles. The Morgan fingerprint density at radius 2 is 1.91 bits per heavy atom. The smallest absolute Gasteiger partial charge is 0.246 e. The van der Waals surface area contributed by atoms with Crippen molar-refractivity contribution in [2.45, 2.75) is 78.7 Å². The lowest BCUT2D eigenvalue weighted by Gasteiger charge is -2.60. The third-order valence-electron chi connectivity index (χ3n) is 10.6. The van der Waals surface area contributed by atoms with Crippen molar-refractivity contribution < 1.29 is 4.79 Å². The molecular weight excluding hydrogens is 408 g/mol. The molecule has 0 saturated heterocycles. The molecule has 3 aliphatic carbocycles. The topological polar surface area (TPSA) is 61.9 Å². The van der Waals surface area contributed by atoms with Crippen molar-refractivity contribution in [2.24, 2.45) is 34.5 Å². The molecule has 0 unspecified atom stereocenters. The van der Waals surface area contributed by atoms with Gasteiger partial charge in [-0.05, 0) is 99.2 Å².